The Bertz CT molecular complexity index is 1090. The fraction of sp³-hybridized carbons (Fsp3) is 0.368. The molecule has 2 heterocycles. The molecule has 28 heavy (non-hydrogen) atoms. The predicted octanol–water partition coefficient (Wildman–Crippen LogP) is 3.56. The minimum Gasteiger partial charge on any atom is -0.346 e. The largest absolute Gasteiger partial charge is 0.346 e. The molecule has 9 heteroatoms. The molecule has 3 aliphatic carbocycles. The number of amides is 1. The first-order valence-electron chi connectivity index (χ1n) is 8.89. The van der Waals surface area contributed by atoms with Crippen molar-refractivity contribution < 1.29 is 18.0 Å². The molecule has 0 radical (unpaired) electrons. The van der Waals surface area contributed by atoms with Crippen LogP contribution in [0.3, 0.4) is 0 Å². The third-order valence-corrected chi connectivity index (χ3v) is 5.64. The first-order chi connectivity index (χ1) is 13.3. The van der Waals surface area contributed by atoms with Crippen molar-refractivity contribution in [2.24, 2.45) is 5.41 Å². The number of hydrogen-bond donors (Lipinski definition) is 1. The van der Waals surface area contributed by atoms with E-state index in [1.54, 1.807) is 0 Å². The summed E-state index contributed by atoms with van der Waals surface area (Å²) in [5, 5.41) is 6.99. The van der Waals surface area contributed by atoms with Gasteiger partial charge in [-0.1, -0.05) is 6.92 Å². The Morgan fingerprint density at radius 1 is 1.21 bits per heavy atom. The van der Waals surface area contributed by atoms with Gasteiger partial charge in [0, 0.05) is 29.4 Å². The quantitative estimate of drug-likeness (QED) is 0.743. The molecule has 0 unspecified atom stereocenters. The van der Waals surface area contributed by atoms with Gasteiger partial charge < -0.3 is 5.32 Å². The van der Waals surface area contributed by atoms with Gasteiger partial charge in [0.2, 0.25) is 0 Å². The van der Waals surface area contributed by atoms with Gasteiger partial charge in [-0.25, -0.2) is 23.1 Å². The Morgan fingerprint density at radius 2 is 1.89 bits per heavy atom. The summed E-state index contributed by atoms with van der Waals surface area (Å²) in [7, 11) is 0. The van der Waals surface area contributed by atoms with Crippen LogP contribution >= 0.6 is 0 Å². The smallest absolute Gasteiger partial charge is 0.282 e. The van der Waals surface area contributed by atoms with Crippen LogP contribution in [0.25, 0.3) is 16.9 Å². The average Bonchev–Trinajstić information content (AvgIpc) is 2.98. The number of aromatic nitrogens is 4. The van der Waals surface area contributed by atoms with Gasteiger partial charge in [0.05, 0.1) is 11.1 Å². The lowest BCUT2D eigenvalue weighted by Crippen LogP contribution is -2.73. The van der Waals surface area contributed by atoms with E-state index in [0.29, 0.717) is 5.41 Å². The van der Waals surface area contributed by atoms with Crippen LogP contribution in [-0.2, 0) is 0 Å². The molecule has 0 aliphatic heterocycles. The van der Waals surface area contributed by atoms with E-state index < -0.39 is 17.9 Å². The van der Waals surface area contributed by atoms with Gasteiger partial charge in [0.25, 0.3) is 18.3 Å². The van der Waals surface area contributed by atoms with Gasteiger partial charge in [-0.05, 0) is 36.8 Å². The molecule has 3 aromatic rings. The molecule has 1 amide bonds. The zero-order valence-electron chi connectivity index (χ0n) is 14.9. The molecule has 0 spiro atoms. The van der Waals surface area contributed by atoms with Crippen molar-refractivity contribution in [1.29, 1.82) is 0 Å². The highest BCUT2D eigenvalue weighted by Crippen LogP contribution is 2.66. The van der Waals surface area contributed by atoms with E-state index in [-0.39, 0.29) is 33.9 Å². The number of nitrogens with zero attached hydrogens (tertiary/aromatic N) is 4. The van der Waals surface area contributed by atoms with Gasteiger partial charge in [-0.3, -0.25) is 4.79 Å². The molecule has 144 valence electrons. The molecule has 6 nitrogen and oxygen atoms in total. The third-order valence-electron chi connectivity index (χ3n) is 5.64. The van der Waals surface area contributed by atoms with E-state index in [1.807, 2.05) is 0 Å². The number of carbonyl (C=O) groups excluding carboxylic acids is 1. The van der Waals surface area contributed by atoms with E-state index in [1.165, 1.54) is 18.5 Å². The van der Waals surface area contributed by atoms with Gasteiger partial charge in [0.15, 0.2) is 0 Å². The predicted molar refractivity (Wildman–Crippen MR) is 93.7 cm³/mol. The molecule has 2 bridgehead atoms. The molecular formula is C19H16F3N5O. The van der Waals surface area contributed by atoms with E-state index in [2.05, 4.69) is 27.3 Å². The number of nitrogens with one attached hydrogen (secondary N) is 1. The molecule has 3 fully saturated rings. The SMILES string of the molecule is CC12CC(NC(=O)c3cnc(-n4nc(C(F)F)c5ccc(F)cc54)nc3)(C1)C2. The van der Waals surface area contributed by atoms with Crippen LogP contribution in [-0.4, -0.2) is 31.2 Å². The second-order valence-corrected chi connectivity index (χ2v) is 8.11. The fourth-order valence-corrected chi connectivity index (χ4v) is 4.71. The van der Waals surface area contributed by atoms with Gasteiger partial charge >= 0.3 is 0 Å². The van der Waals surface area contributed by atoms with Crippen LogP contribution in [0.2, 0.25) is 0 Å². The lowest BCUT2D eigenvalue weighted by atomic mass is 9.40. The Hall–Kier alpha value is -2.97. The van der Waals surface area contributed by atoms with E-state index in [4.69, 9.17) is 0 Å². The van der Waals surface area contributed by atoms with E-state index in [0.717, 1.165) is 36.1 Å². The number of halogens is 3. The average molecular weight is 387 g/mol. The normalized spacial score (nSPS) is 25.5. The van der Waals surface area contributed by atoms with Crippen molar-refractivity contribution in [2.75, 3.05) is 0 Å². The molecule has 0 atom stereocenters. The lowest BCUT2D eigenvalue weighted by Gasteiger charge is -2.69. The Kier molecular flexibility index (Phi) is 3.38. The molecule has 3 aliphatic rings. The summed E-state index contributed by atoms with van der Waals surface area (Å²) in [6.45, 7) is 2.20. The topological polar surface area (TPSA) is 72.7 Å². The van der Waals surface area contributed by atoms with Gasteiger partial charge in [0.1, 0.15) is 11.5 Å². The van der Waals surface area contributed by atoms with Crippen molar-refractivity contribution >= 4 is 16.8 Å². The second kappa shape index (κ2) is 5.52. The van der Waals surface area contributed by atoms with Crippen molar-refractivity contribution in [3.63, 3.8) is 0 Å². The highest BCUT2D eigenvalue weighted by Gasteiger charge is 2.65. The number of alkyl halides is 2. The lowest BCUT2D eigenvalue weighted by molar-refractivity contribution is -0.132. The highest BCUT2D eigenvalue weighted by molar-refractivity contribution is 5.94. The van der Waals surface area contributed by atoms with Crippen molar-refractivity contribution in [1.82, 2.24) is 25.1 Å². The van der Waals surface area contributed by atoms with E-state index >= 15 is 0 Å². The fourth-order valence-electron chi connectivity index (χ4n) is 4.71. The number of rotatable bonds is 4. The molecule has 1 N–H and O–H groups in total. The van der Waals surface area contributed by atoms with Crippen LogP contribution in [0.5, 0.6) is 0 Å². The van der Waals surface area contributed by atoms with Crippen LogP contribution in [0.4, 0.5) is 13.2 Å². The standard InChI is InChI=1S/C19H16F3N5O/c1-18-7-19(8-18,9-18)25-16(28)10-5-23-17(24-6-10)27-13-4-11(20)2-3-12(13)14(26-27)15(21)22/h2-6,15H,7-9H2,1H3,(H,25,28). The number of carbonyl (C=O) groups is 1. The number of benzene rings is 1. The van der Waals surface area contributed by atoms with Gasteiger partial charge in [-0.15, -0.1) is 0 Å². The molecule has 3 saturated carbocycles. The summed E-state index contributed by atoms with van der Waals surface area (Å²) in [5.74, 6) is -0.868. The summed E-state index contributed by atoms with van der Waals surface area (Å²) in [5.41, 5.74) is 0.196. The number of fused-ring (bicyclic) bond motifs is 1. The maximum atomic E-state index is 13.6. The maximum absolute atomic E-state index is 13.6. The summed E-state index contributed by atoms with van der Waals surface area (Å²) in [6.07, 6.45) is 2.75. The summed E-state index contributed by atoms with van der Waals surface area (Å²) >= 11 is 0. The maximum Gasteiger partial charge on any atom is 0.282 e. The van der Waals surface area contributed by atoms with Gasteiger partial charge in [-0.2, -0.15) is 9.78 Å². The van der Waals surface area contributed by atoms with Crippen molar-refractivity contribution in [2.45, 2.75) is 38.2 Å². The summed E-state index contributed by atoms with van der Waals surface area (Å²) in [4.78, 5) is 20.6. The van der Waals surface area contributed by atoms with Crippen molar-refractivity contribution in [3.8, 4) is 5.95 Å². The van der Waals surface area contributed by atoms with Crippen molar-refractivity contribution in [3.05, 3.63) is 47.7 Å². The van der Waals surface area contributed by atoms with Crippen LogP contribution in [0.15, 0.2) is 30.6 Å². The van der Waals surface area contributed by atoms with E-state index in [9.17, 15) is 18.0 Å². The zero-order valence-corrected chi connectivity index (χ0v) is 14.9. The molecule has 1 aromatic carbocycles. The molecule has 2 aromatic heterocycles. The molecular weight excluding hydrogens is 371 g/mol. The Balaban J connectivity index is 1.44. The Morgan fingerprint density at radius 3 is 2.50 bits per heavy atom. The Labute approximate surface area is 157 Å². The minimum atomic E-state index is -2.82. The zero-order chi connectivity index (χ0) is 19.7. The summed E-state index contributed by atoms with van der Waals surface area (Å²) < 4.78 is 41.2. The molecule has 0 saturated heterocycles. The first-order valence-corrected chi connectivity index (χ1v) is 8.89. The highest BCUT2D eigenvalue weighted by atomic mass is 19.3. The summed E-state index contributed by atoms with van der Waals surface area (Å²) in [6, 6.07) is 3.45. The third kappa shape index (κ3) is 2.49. The van der Waals surface area contributed by atoms with Crippen LogP contribution < -0.4 is 5.32 Å². The second-order valence-electron chi connectivity index (χ2n) is 8.11. The monoisotopic (exact) mass is 387 g/mol. The minimum absolute atomic E-state index is 0.0166. The van der Waals surface area contributed by atoms with Crippen LogP contribution in [0, 0.1) is 11.2 Å². The van der Waals surface area contributed by atoms with Crippen LogP contribution in [0.1, 0.15) is 48.7 Å². The first kappa shape index (κ1) is 17.2. The molecule has 6 rings (SSSR count). The number of hydrogen-bond acceptors (Lipinski definition) is 4.